The van der Waals surface area contributed by atoms with Gasteiger partial charge in [-0.05, 0) is 43.0 Å². The van der Waals surface area contributed by atoms with Crippen molar-refractivity contribution in [2.24, 2.45) is 0 Å². The van der Waals surface area contributed by atoms with E-state index < -0.39 is 12.6 Å². The topological polar surface area (TPSA) is 97.5 Å². The van der Waals surface area contributed by atoms with Crippen molar-refractivity contribution >= 4 is 28.6 Å². The molecule has 3 aromatic rings. The van der Waals surface area contributed by atoms with Gasteiger partial charge in [0.1, 0.15) is 28.2 Å². The van der Waals surface area contributed by atoms with Gasteiger partial charge in [0, 0.05) is 16.7 Å². The predicted octanol–water partition coefficient (Wildman–Crippen LogP) is 4.29. The summed E-state index contributed by atoms with van der Waals surface area (Å²) in [7, 11) is 0. The lowest BCUT2D eigenvalue weighted by molar-refractivity contribution is -0.139. The molecule has 1 saturated carbocycles. The molecule has 7 nitrogen and oxygen atoms in total. The first-order valence-corrected chi connectivity index (χ1v) is 9.63. The van der Waals surface area contributed by atoms with Gasteiger partial charge in [0.05, 0.1) is 0 Å². The quantitative estimate of drug-likeness (QED) is 0.661. The Balaban J connectivity index is 1.80. The molecule has 1 aromatic heterocycles. The normalized spacial score (nSPS) is 15.0. The summed E-state index contributed by atoms with van der Waals surface area (Å²) in [5.41, 5.74) is 2.34. The number of carboxylic acids is 1. The largest absolute Gasteiger partial charge is 0.505 e. The average molecular weight is 402 g/mol. The number of carboxylic acid groups (broad SMARTS) is 1. The highest BCUT2D eigenvalue weighted by atomic mass is 35.5. The van der Waals surface area contributed by atoms with E-state index in [4.69, 9.17) is 21.4 Å². The second-order valence-corrected chi connectivity index (χ2v) is 7.46. The predicted molar refractivity (Wildman–Crippen MR) is 104 cm³/mol. The standard InChI is InChI=1S/C20H20ClN3O4/c21-13-6-7-16-17(8-13)23-24(22-16)18-10-14(28-11-19(25)26)9-15(20(18)27)12-4-2-1-3-5-12/h6-10,12,27H,1-5,11H2,(H,25,26). The van der Waals surface area contributed by atoms with Crippen LogP contribution in [0, 0.1) is 0 Å². The molecule has 0 atom stereocenters. The van der Waals surface area contributed by atoms with Gasteiger partial charge in [-0.1, -0.05) is 30.9 Å². The molecule has 146 valence electrons. The van der Waals surface area contributed by atoms with Gasteiger partial charge in [0.2, 0.25) is 0 Å². The Hall–Kier alpha value is -2.80. The molecule has 4 rings (SSSR count). The number of benzene rings is 2. The van der Waals surface area contributed by atoms with Crippen molar-refractivity contribution < 1.29 is 19.7 Å². The number of fused-ring (bicyclic) bond motifs is 1. The van der Waals surface area contributed by atoms with Gasteiger partial charge in [-0.3, -0.25) is 0 Å². The fraction of sp³-hybridized carbons (Fsp3) is 0.350. The second-order valence-electron chi connectivity index (χ2n) is 7.02. The van der Waals surface area contributed by atoms with Crippen LogP contribution >= 0.6 is 11.6 Å². The zero-order valence-electron chi connectivity index (χ0n) is 15.1. The Morgan fingerprint density at radius 3 is 2.64 bits per heavy atom. The molecular weight excluding hydrogens is 382 g/mol. The SMILES string of the molecule is O=C(O)COc1cc(C2CCCCC2)c(O)c(-n2nc3ccc(Cl)cc3n2)c1. The van der Waals surface area contributed by atoms with Crippen LogP contribution in [0.1, 0.15) is 43.6 Å². The Morgan fingerprint density at radius 1 is 1.14 bits per heavy atom. The maximum atomic E-state index is 11.0. The van der Waals surface area contributed by atoms with E-state index >= 15 is 0 Å². The number of phenols is 1. The Bertz CT molecular complexity index is 1030. The van der Waals surface area contributed by atoms with E-state index in [1.807, 2.05) is 0 Å². The van der Waals surface area contributed by atoms with Gasteiger partial charge in [0.15, 0.2) is 6.61 Å². The molecule has 0 bridgehead atoms. The van der Waals surface area contributed by atoms with Crippen LogP contribution in [0.5, 0.6) is 11.5 Å². The van der Waals surface area contributed by atoms with Crippen LogP contribution in [0.4, 0.5) is 0 Å². The fourth-order valence-corrected chi connectivity index (χ4v) is 3.88. The minimum Gasteiger partial charge on any atom is -0.505 e. The Kier molecular flexibility index (Phi) is 5.09. The van der Waals surface area contributed by atoms with Crippen LogP contribution < -0.4 is 4.74 Å². The van der Waals surface area contributed by atoms with Crippen molar-refractivity contribution in [3.05, 3.63) is 40.9 Å². The number of ether oxygens (including phenoxy) is 1. The van der Waals surface area contributed by atoms with Gasteiger partial charge < -0.3 is 14.9 Å². The van der Waals surface area contributed by atoms with Gasteiger partial charge >= 0.3 is 5.97 Å². The smallest absolute Gasteiger partial charge is 0.341 e. The summed E-state index contributed by atoms with van der Waals surface area (Å²) < 4.78 is 5.41. The number of phenolic OH excluding ortho intramolecular Hbond substituents is 1. The third-order valence-corrected chi connectivity index (χ3v) is 5.29. The van der Waals surface area contributed by atoms with E-state index in [-0.39, 0.29) is 11.7 Å². The minimum atomic E-state index is -1.06. The molecule has 1 fully saturated rings. The summed E-state index contributed by atoms with van der Waals surface area (Å²) in [4.78, 5) is 12.3. The van der Waals surface area contributed by atoms with E-state index in [9.17, 15) is 9.90 Å². The second kappa shape index (κ2) is 7.67. The molecule has 0 radical (unpaired) electrons. The van der Waals surface area contributed by atoms with E-state index in [0.29, 0.717) is 27.5 Å². The maximum absolute atomic E-state index is 11.0. The zero-order valence-corrected chi connectivity index (χ0v) is 15.9. The van der Waals surface area contributed by atoms with Gasteiger partial charge in [-0.2, -0.15) is 0 Å². The average Bonchev–Trinajstić information content (AvgIpc) is 3.10. The number of hydrogen-bond acceptors (Lipinski definition) is 5. The molecule has 0 unspecified atom stereocenters. The number of rotatable bonds is 5. The van der Waals surface area contributed by atoms with E-state index in [0.717, 1.165) is 31.2 Å². The van der Waals surface area contributed by atoms with Crippen LogP contribution in [-0.2, 0) is 4.79 Å². The fourth-order valence-electron chi connectivity index (χ4n) is 3.72. The highest BCUT2D eigenvalue weighted by molar-refractivity contribution is 6.31. The highest BCUT2D eigenvalue weighted by Gasteiger charge is 2.23. The van der Waals surface area contributed by atoms with Gasteiger partial charge in [0.25, 0.3) is 0 Å². The van der Waals surface area contributed by atoms with Crippen molar-refractivity contribution in [1.29, 1.82) is 0 Å². The molecule has 0 amide bonds. The molecule has 0 spiro atoms. The van der Waals surface area contributed by atoms with Crippen LogP contribution in [0.15, 0.2) is 30.3 Å². The number of aromatic nitrogens is 3. The number of aliphatic carboxylic acids is 1. The Morgan fingerprint density at radius 2 is 1.89 bits per heavy atom. The summed E-state index contributed by atoms with van der Waals surface area (Å²) >= 11 is 6.03. The minimum absolute atomic E-state index is 0.0981. The van der Waals surface area contributed by atoms with E-state index in [1.54, 1.807) is 30.3 Å². The summed E-state index contributed by atoms with van der Waals surface area (Å²) in [5.74, 6) is -0.400. The van der Waals surface area contributed by atoms with Crippen molar-refractivity contribution in [3.8, 4) is 17.2 Å². The molecule has 0 saturated heterocycles. The van der Waals surface area contributed by atoms with Crippen molar-refractivity contribution in [3.63, 3.8) is 0 Å². The number of halogens is 1. The molecule has 2 aromatic carbocycles. The highest BCUT2D eigenvalue weighted by Crippen LogP contribution is 2.41. The Labute approximate surface area is 166 Å². The molecule has 1 heterocycles. The summed E-state index contributed by atoms with van der Waals surface area (Å²) in [5, 5.41) is 29.3. The van der Waals surface area contributed by atoms with E-state index in [2.05, 4.69) is 10.2 Å². The summed E-state index contributed by atoms with van der Waals surface area (Å²) in [6.07, 6.45) is 5.33. The lowest BCUT2D eigenvalue weighted by Gasteiger charge is -2.24. The monoisotopic (exact) mass is 401 g/mol. The lowest BCUT2D eigenvalue weighted by atomic mass is 9.83. The third kappa shape index (κ3) is 3.75. The number of nitrogens with zero attached hydrogens (tertiary/aromatic N) is 3. The molecule has 28 heavy (non-hydrogen) atoms. The number of aromatic hydroxyl groups is 1. The first kappa shape index (κ1) is 18.6. The molecule has 2 N–H and O–H groups in total. The van der Waals surface area contributed by atoms with Crippen LogP contribution in [0.25, 0.3) is 16.7 Å². The zero-order chi connectivity index (χ0) is 19.7. The molecule has 1 aliphatic carbocycles. The molecule has 1 aliphatic rings. The molecular formula is C20H20ClN3O4. The summed E-state index contributed by atoms with van der Waals surface area (Å²) in [6, 6.07) is 8.47. The maximum Gasteiger partial charge on any atom is 0.341 e. The lowest BCUT2D eigenvalue weighted by Crippen LogP contribution is -2.12. The van der Waals surface area contributed by atoms with Crippen LogP contribution in [0.3, 0.4) is 0 Å². The van der Waals surface area contributed by atoms with Crippen LogP contribution in [0.2, 0.25) is 5.02 Å². The first-order chi connectivity index (χ1) is 13.5. The third-order valence-electron chi connectivity index (χ3n) is 5.06. The van der Waals surface area contributed by atoms with Crippen molar-refractivity contribution in [2.75, 3.05) is 6.61 Å². The van der Waals surface area contributed by atoms with Crippen LogP contribution in [-0.4, -0.2) is 37.8 Å². The van der Waals surface area contributed by atoms with E-state index in [1.165, 1.54) is 11.2 Å². The van der Waals surface area contributed by atoms with Crippen molar-refractivity contribution in [2.45, 2.75) is 38.0 Å². The number of hydrogen-bond donors (Lipinski definition) is 2. The van der Waals surface area contributed by atoms with Crippen molar-refractivity contribution in [1.82, 2.24) is 15.0 Å². The van der Waals surface area contributed by atoms with Gasteiger partial charge in [-0.25, -0.2) is 4.79 Å². The summed E-state index contributed by atoms with van der Waals surface area (Å²) in [6.45, 7) is -0.460. The molecule has 8 heteroatoms. The number of carbonyl (C=O) groups is 1. The van der Waals surface area contributed by atoms with Gasteiger partial charge in [-0.15, -0.1) is 15.0 Å². The molecule has 0 aliphatic heterocycles. The first-order valence-electron chi connectivity index (χ1n) is 9.26.